The van der Waals surface area contributed by atoms with E-state index < -0.39 is 0 Å². The minimum absolute atomic E-state index is 0. The molecule has 0 aromatic carbocycles. The molecule has 72 valence electrons. The Bertz CT molecular complexity index is 99.4. The molecule has 0 aliphatic heterocycles. The first-order valence-corrected chi connectivity index (χ1v) is 4.90. The third-order valence-electron chi connectivity index (χ3n) is 4.00. The summed E-state index contributed by atoms with van der Waals surface area (Å²) in [7, 11) is 0. The van der Waals surface area contributed by atoms with Crippen LogP contribution in [-0.2, 0) is 0 Å². The first kappa shape index (κ1) is 11.0. The van der Waals surface area contributed by atoms with Crippen molar-refractivity contribution in [2.24, 2.45) is 23.7 Å². The van der Waals surface area contributed by atoms with Gasteiger partial charge in [0.25, 0.3) is 0 Å². The zero-order chi connectivity index (χ0) is 6.55. The van der Waals surface area contributed by atoms with E-state index in [9.17, 15) is 0 Å². The summed E-state index contributed by atoms with van der Waals surface area (Å²) in [5, 5.41) is 0. The van der Waals surface area contributed by atoms with Gasteiger partial charge in [-0.3, -0.25) is 0 Å². The second-order valence-electron chi connectivity index (χ2n) is 4.88. The molecule has 0 nitrogen and oxygen atoms in total. The predicted octanol–water partition coefficient (Wildman–Crippen LogP) is 3.99. The van der Waals surface area contributed by atoms with Crippen LogP contribution in [0.5, 0.6) is 0 Å². The molecule has 0 saturated heterocycles. The molecule has 0 aromatic rings. The Kier molecular flexibility index (Phi) is 3.68. The summed E-state index contributed by atoms with van der Waals surface area (Å²) < 4.78 is 0. The Balaban J connectivity index is 0.000000360. The van der Waals surface area contributed by atoms with Crippen LogP contribution >= 0.6 is 34.0 Å². The van der Waals surface area contributed by atoms with E-state index in [-0.39, 0.29) is 34.0 Å². The van der Waals surface area contributed by atoms with Crippen LogP contribution in [0, 0.1) is 23.7 Å². The minimum atomic E-state index is 0. The van der Waals surface area contributed by atoms with Crippen molar-refractivity contribution in [3.63, 3.8) is 0 Å². The first-order valence-electron chi connectivity index (χ1n) is 4.90. The van der Waals surface area contributed by atoms with E-state index in [0.29, 0.717) is 0 Å². The van der Waals surface area contributed by atoms with Gasteiger partial charge in [0.1, 0.15) is 0 Å². The highest BCUT2D eigenvalue weighted by molar-refractivity contribution is 8.93. The van der Waals surface area contributed by atoms with E-state index in [0.717, 1.165) is 0 Å². The zero-order valence-corrected chi connectivity index (χ0v) is 10.8. The zero-order valence-electron chi connectivity index (χ0n) is 7.37. The molecule has 2 heteroatoms. The van der Waals surface area contributed by atoms with Crippen LogP contribution in [0.1, 0.15) is 38.5 Å². The molecule has 0 unspecified atom stereocenters. The van der Waals surface area contributed by atoms with Crippen LogP contribution < -0.4 is 0 Å². The molecule has 0 spiro atoms. The van der Waals surface area contributed by atoms with Gasteiger partial charge in [0.05, 0.1) is 0 Å². The van der Waals surface area contributed by atoms with Gasteiger partial charge in [0.2, 0.25) is 0 Å². The molecular weight excluding hydrogens is 280 g/mol. The molecule has 0 aromatic heterocycles. The summed E-state index contributed by atoms with van der Waals surface area (Å²) in [5.41, 5.74) is 0. The van der Waals surface area contributed by atoms with Crippen molar-refractivity contribution >= 4 is 34.0 Å². The maximum absolute atomic E-state index is 1.60. The lowest BCUT2D eigenvalue weighted by molar-refractivity contribution is 0.0198. The number of hydrogen-bond acceptors (Lipinski definition) is 0. The van der Waals surface area contributed by atoms with Crippen molar-refractivity contribution in [2.45, 2.75) is 38.5 Å². The van der Waals surface area contributed by atoms with Gasteiger partial charge < -0.3 is 0 Å². The maximum atomic E-state index is 1.60. The fourth-order valence-electron chi connectivity index (χ4n) is 3.98. The molecule has 4 aliphatic rings. The summed E-state index contributed by atoms with van der Waals surface area (Å²) in [5.74, 6) is 4.71. The molecule has 0 amide bonds. The molecule has 4 aliphatic carbocycles. The Morgan fingerprint density at radius 1 is 0.417 bits per heavy atom. The number of halogens is 2. The van der Waals surface area contributed by atoms with Crippen LogP contribution in [-0.4, -0.2) is 0 Å². The summed E-state index contributed by atoms with van der Waals surface area (Å²) in [6, 6.07) is 0. The van der Waals surface area contributed by atoms with Crippen LogP contribution in [0.4, 0.5) is 0 Å². The summed E-state index contributed by atoms with van der Waals surface area (Å²) >= 11 is 0. The molecule has 12 heavy (non-hydrogen) atoms. The Morgan fingerprint density at radius 2 is 0.583 bits per heavy atom. The van der Waals surface area contributed by atoms with Crippen LogP contribution in [0.25, 0.3) is 0 Å². The van der Waals surface area contributed by atoms with Crippen LogP contribution in [0.15, 0.2) is 0 Å². The third kappa shape index (κ3) is 1.75. The Morgan fingerprint density at radius 3 is 0.750 bits per heavy atom. The molecule has 0 N–H and O–H groups in total. The largest absolute Gasteiger partial charge is 0.114 e. The topological polar surface area (TPSA) is 0 Å². The lowest BCUT2D eigenvalue weighted by Crippen LogP contribution is -2.38. The van der Waals surface area contributed by atoms with Gasteiger partial charge in [-0.25, -0.2) is 0 Å². The van der Waals surface area contributed by atoms with Gasteiger partial charge in [0.15, 0.2) is 0 Å². The standard InChI is InChI=1S/C10H16.2BrH/c1-7-2-9-4-8(1)5-10(3-7)6-9;;/h7-10H,1-6H2;2*1H. The molecule has 0 radical (unpaired) electrons. The first-order chi connectivity index (χ1) is 4.90. The maximum Gasteiger partial charge on any atom is -0.0406 e. The lowest BCUT2D eigenvalue weighted by atomic mass is 9.56. The van der Waals surface area contributed by atoms with Gasteiger partial charge in [-0.2, -0.15) is 0 Å². The van der Waals surface area contributed by atoms with Crippen molar-refractivity contribution in [3.8, 4) is 0 Å². The second-order valence-corrected chi connectivity index (χ2v) is 4.88. The lowest BCUT2D eigenvalue weighted by Gasteiger charge is -2.49. The molecule has 0 atom stereocenters. The van der Waals surface area contributed by atoms with Crippen molar-refractivity contribution in [2.75, 3.05) is 0 Å². The van der Waals surface area contributed by atoms with Gasteiger partial charge in [-0.05, 0) is 62.2 Å². The average molecular weight is 298 g/mol. The highest BCUT2D eigenvalue weighted by Crippen LogP contribution is 2.53. The van der Waals surface area contributed by atoms with Crippen molar-refractivity contribution < 1.29 is 0 Å². The van der Waals surface area contributed by atoms with Gasteiger partial charge in [-0.15, -0.1) is 34.0 Å². The van der Waals surface area contributed by atoms with E-state index in [1.54, 1.807) is 38.5 Å². The highest BCUT2D eigenvalue weighted by atomic mass is 79.9. The molecule has 4 rings (SSSR count). The normalized spacial score (nSPS) is 48.0. The van der Waals surface area contributed by atoms with Crippen molar-refractivity contribution in [1.29, 1.82) is 0 Å². The Hall–Kier alpha value is 0.960. The highest BCUT2D eigenvalue weighted by Gasteiger charge is 2.41. The number of rotatable bonds is 0. The molecular formula is C10H18Br2. The van der Waals surface area contributed by atoms with Gasteiger partial charge >= 0.3 is 0 Å². The van der Waals surface area contributed by atoms with Crippen LogP contribution in [0.3, 0.4) is 0 Å². The quantitative estimate of drug-likeness (QED) is 0.634. The summed E-state index contributed by atoms with van der Waals surface area (Å²) in [6.45, 7) is 0. The van der Waals surface area contributed by atoms with E-state index >= 15 is 0 Å². The van der Waals surface area contributed by atoms with Gasteiger partial charge in [-0.1, -0.05) is 0 Å². The van der Waals surface area contributed by atoms with Crippen molar-refractivity contribution in [3.05, 3.63) is 0 Å². The SMILES string of the molecule is Br.Br.C1C2CC3CC1CC(C2)C3. The molecule has 4 fully saturated rings. The predicted molar refractivity (Wildman–Crippen MR) is 62.3 cm³/mol. The van der Waals surface area contributed by atoms with E-state index in [1.807, 2.05) is 0 Å². The van der Waals surface area contributed by atoms with E-state index in [4.69, 9.17) is 0 Å². The fraction of sp³-hybridized carbons (Fsp3) is 1.00. The summed E-state index contributed by atoms with van der Waals surface area (Å²) in [4.78, 5) is 0. The van der Waals surface area contributed by atoms with Crippen molar-refractivity contribution in [1.82, 2.24) is 0 Å². The monoisotopic (exact) mass is 296 g/mol. The fourth-order valence-corrected chi connectivity index (χ4v) is 3.98. The smallest absolute Gasteiger partial charge is 0.0406 e. The van der Waals surface area contributed by atoms with E-state index in [2.05, 4.69) is 0 Å². The average Bonchev–Trinajstić information content (AvgIpc) is 1.82. The van der Waals surface area contributed by atoms with Crippen LogP contribution in [0.2, 0.25) is 0 Å². The number of hydrogen-bond donors (Lipinski definition) is 0. The molecule has 4 saturated carbocycles. The summed E-state index contributed by atoms with van der Waals surface area (Å²) in [6.07, 6.45) is 9.62. The molecule has 0 heterocycles. The Labute approximate surface area is 96.0 Å². The van der Waals surface area contributed by atoms with Gasteiger partial charge in [0, 0.05) is 0 Å². The van der Waals surface area contributed by atoms with E-state index in [1.165, 1.54) is 23.7 Å². The third-order valence-corrected chi connectivity index (χ3v) is 4.00. The molecule has 4 bridgehead atoms. The second kappa shape index (κ2) is 4.00. The minimum Gasteiger partial charge on any atom is -0.114 e.